The highest BCUT2D eigenvalue weighted by Gasteiger charge is 2.20. The molecule has 3 rings (SSSR count). The van der Waals surface area contributed by atoms with Gasteiger partial charge in [0.05, 0.1) is 6.16 Å². The summed E-state index contributed by atoms with van der Waals surface area (Å²) in [5.74, 6) is 0. The van der Waals surface area contributed by atoms with Gasteiger partial charge in [-0.15, -0.1) is 0 Å². The van der Waals surface area contributed by atoms with Crippen LogP contribution in [-0.4, -0.2) is 0 Å². The van der Waals surface area contributed by atoms with E-state index in [0.717, 1.165) is 15.9 Å². The molecule has 0 spiro atoms. The van der Waals surface area contributed by atoms with Crippen molar-refractivity contribution in [3.05, 3.63) is 90.5 Å². The molecule has 0 fully saturated rings. The minimum Gasteiger partial charge on any atom is -0.687 e. The Kier molecular flexibility index (Phi) is 5.40. The van der Waals surface area contributed by atoms with Crippen LogP contribution in [-0.2, 0) is 6.16 Å². The van der Waals surface area contributed by atoms with Crippen LogP contribution in [0.4, 0.5) is 0 Å². The van der Waals surface area contributed by atoms with Gasteiger partial charge in [-0.1, -0.05) is 84.9 Å². The van der Waals surface area contributed by atoms with Gasteiger partial charge in [-0.05, 0) is 29.4 Å². The molecular formula is C19H16O3P2-2. The minimum atomic E-state index is -4.63. The zero-order chi connectivity index (χ0) is 17.0. The van der Waals surface area contributed by atoms with Crippen molar-refractivity contribution in [1.29, 1.82) is 0 Å². The average molecular weight is 354 g/mol. The smallest absolute Gasteiger partial charge is 0.0679 e. The SMILES string of the molecule is [O-][P+]([O-])([O-])Cc1ccccc1P(c1ccccc1)c1ccccc1. The van der Waals surface area contributed by atoms with Crippen LogP contribution in [0.15, 0.2) is 84.9 Å². The molecule has 0 aliphatic rings. The van der Waals surface area contributed by atoms with Crippen molar-refractivity contribution in [2.45, 2.75) is 6.16 Å². The van der Waals surface area contributed by atoms with Crippen LogP contribution in [0.2, 0.25) is 0 Å². The molecule has 0 radical (unpaired) electrons. The van der Waals surface area contributed by atoms with Crippen LogP contribution in [0.25, 0.3) is 0 Å². The van der Waals surface area contributed by atoms with Gasteiger partial charge in [0, 0.05) is 0 Å². The Hall–Kier alpha value is -1.60. The summed E-state index contributed by atoms with van der Waals surface area (Å²) in [5, 5.41) is 3.16. The molecule has 3 aromatic carbocycles. The molecule has 24 heavy (non-hydrogen) atoms. The van der Waals surface area contributed by atoms with E-state index in [-0.39, 0.29) is 0 Å². The summed E-state index contributed by atoms with van der Waals surface area (Å²) in [6.45, 7) is 0. The summed E-state index contributed by atoms with van der Waals surface area (Å²) in [6.07, 6.45) is -0.457. The summed E-state index contributed by atoms with van der Waals surface area (Å²) < 4.78 is 0. The molecule has 0 saturated carbocycles. The van der Waals surface area contributed by atoms with Crippen molar-refractivity contribution < 1.29 is 14.7 Å². The van der Waals surface area contributed by atoms with Gasteiger partial charge in [-0.3, -0.25) is 0 Å². The molecular weight excluding hydrogens is 338 g/mol. The van der Waals surface area contributed by atoms with Crippen molar-refractivity contribution in [3.63, 3.8) is 0 Å². The minimum absolute atomic E-state index is 0.457. The van der Waals surface area contributed by atoms with Crippen molar-refractivity contribution in [2.24, 2.45) is 0 Å². The van der Waals surface area contributed by atoms with Crippen LogP contribution < -0.4 is 30.6 Å². The fourth-order valence-electron chi connectivity index (χ4n) is 2.65. The van der Waals surface area contributed by atoms with Gasteiger partial charge in [0.1, 0.15) is 0 Å². The lowest BCUT2D eigenvalue weighted by Crippen LogP contribution is -2.35. The van der Waals surface area contributed by atoms with Crippen LogP contribution in [0.1, 0.15) is 5.56 Å². The van der Waals surface area contributed by atoms with Gasteiger partial charge in [0.2, 0.25) is 0 Å². The lowest BCUT2D eigenvalue weighted by molar-refractivity contribution is -0.428. The highest BCUT2D eigenvalue weighted by molar-refractivity contribution is 7.80. The summed E-state index contributed by atoms with van der Waals surface area (Å²) >= 11 is 0. The molecule has 0 atom stereocenters. The van der Waals surface area contributed by atoms with Crippen molar-refractivity contribution in [3.8, 4) is 0 Å². The highest BCUT2D eigenvalue weighted by atomic mass is 31.2. The first-order valence-corrected chi connectivity index (χ1v) is 10.6. The third-order valence-corrected chi connectivity index (χ3v) is 6.90. The fourth-order valence-corrected chi connectivity index (χ4v) is 5.94. The molecule has 3 aromatic rings. The molecule has 3 nitrogen and oxygen atoms in total. The first kappa shape index (κ1) is 17.2. The maximum Gasteiger partial charge on any atom is 0.0679 e. The van der Waals surface area contributed by atoms with E-state index >= 15 is 0 Å². The summed E-state index contributed by atoms with van der Waals surface area (Å²) in [5.41, 5.74) is 0.588. The largest absolute Gasteiger partial charge is 0.687 e. The normalized spacial score (nSPS) is 11.7. The monoisotopic (exact) mass is 354 g/mol. The lowest BCUT2D eigenvalue weighted by atomic mass is 10.2. The topological polar surface area (TPSA) is 69.2 Å². The Bertz CT molecular complexity index is 747. The molecule has 0 unspecified atom stereocenters. The average Bonchev–Trinajstić information content (AvgIpc) is 2.57. The van der Waals surface area contributed by atoms with Gasteiger partial charge >= 0.3 is 0 Å². The van der Waals surface area contributed by atoms with E-state index in [9.17, 15) is 14.7 Å². The molecule has 0 amide bonds. The molecule has 0 aromatic heterocycles. The highest BCUT2D eigenvalue weighted by Crippen LogP contribution is 2.39. The predicted molar refractivity (Wildman–Crippen MR) is 95.8 cm³/mol. The van der Waals surface area contributed by atoms with Gasteiger partial charge in [0.15, 0.2) is 0 Å². The van der Waals surface area contributed by atoms with E-state index in [1.54, 1.807) is 12.1 Å². The Morgan fingerprint density at radius 2 is 1.08 bits per heavy atom. The van der Waals surface area contributed by atoms with Gasteiger partial charge in [0.25, 0.3) is 0 Å². The molecule has 5 heteroatoms. The second kappa shape index (κ2) is 7.53. The maximum atomic E-state index is 11.3. The molecule has 122 valence electrons. The summed E-state index contributed by atoms with van der Waals surface area (Å²) in [4.78, 5) is 34.0. The van der Waals surface area contributed by atoms with Crippen LogP contribution >= 0.6 is 15.9 Å². The van der Waals surface area contributed by atoms with E-state index in [4.69, 9.17) is 0 Å². The molecule has 0 aliphatic carbocycles. The van der Waals surface area contributed by atoms with Crippen molar-refractivity contribution in [2.75, 3.05) is 0 Å². The second-order valence-electron chi connectivity index (χ2n) is 5.40. The Morgan fingerprint density at radius 3 is 1.58 bits per heavy atom. The van der Waals surface area contributed by atoms with Crippen LogP contribution in [0, 0.1) is 0 Å². The Labute approximate surface area is 143 Å². The van der Waals surface area contributed by atoms with Gasteiger partial charge < -0.3 is 14.7 Å². The maximum absolute atomic E-state index is 11.3. The third kappa shape index (κ3) is 4.27. The molecule has 0 bridgehead atoms. The third-order valence-electron chi connectivity index (χ3n) is 3.63. The molecule has 0 heterocycles. The van der Waals surface area contributed by atoms with Crippen molar-refractivity contribution >= 4 is 31.8 Å². The van der Waals surface area contributed by atoms with E-state index in [1.807, 2.05) is 72.8 Å². The quantitative estimate of drug-likeness (QED) is 0.636. The number of rotatable bonds is 5. The molecule has 0 saturated heterocycles. The first-order chi connectivity index (χ1) is 11.5. The second-order valence-corrected chi connectivity index (χ2v) is 9.13. The number of hydrogen-bond donors (Lipinski definition) is 0. The fraction of sp³-hybridized carbons (Fsp3) is 0.0526. The molecule has 0 N–H and O–H groups in total. The van der Waals surface area contributed by atoms with E-state index in [0.29, 0.717) is 5.56 Å². The lowest BCUT2D eigenvalue weighted by Gasteiger charge is -2.42. The van der Waals surface area contributed by atoms with Crippen LogP contribution in [0.5, 0.6) is 0 Å². The van der Waals surface area contributed by atoms with Crippen molar-refractivity contribution in [1.82, 2.24) is 0 Å². The predicted octanol–water partition coefficient (Wildman–Crippen LogP) is 0.788. The van der Waals surface area contributed by atoms with E-state index in [1.165, 1.54) is 0 Å². The zero-order valence-corrected chi connectivity index (χ0v) is 14.7. The molecule has 0 aliphatic heterocycles. The van der Waals surface area contributed by atoms with E-state index in [2.05, 4.69) is 0 Å². The summed E-state index contributed by atoms with van der Waals surface area (Å²) in [7, 11) is -5.55. The first-order valence-electron chi connectivity index (χ1n) is 7.54. The van der Waals surface area contributed by atoms with Gasteiger partial charge in [-0.25, -0.2) is 0 Å². The van der Waals surface area contributed by atoms with Gasteiger partial charge in [-0.2, -0.15) is 7.94 Å². The van der Waals surface area contributed by atoms with E-state index < -0.39 is 22.0 Å². The Balaban J connectivity index is 2.14. The summed E-state index contributed by atoms with van der Waals surface area (Å²) in [6, 6.07) is 27.3. The Morgan fingerprint density at radius 1 is 0.625 bits per heavy atom. The number of hydrogen-bond acceptors (Lipinski definition) is 3. The van der Waals surface area contributed by atoms with Crippen LogP contribution in [0.3, 0.4) is 0 Å². The number of benzene rings is 3. The zero-order valence-electron chi connectivity index (χ0n) is 12.9. The standard InChI is InChI=1S/C19H18O3P2/c20-24(21,22)15-16-9-7-8-14-19(16)23(17-10-3-1-4-11-17)18-12-5-2-6-13-18/h1-14H,15H2,(H2,20,21,22)/p-2.